The number of halogens is 2. The van der Waals surface area contributed by atoms with Gasteiger partial charge in [0.05, 0.1) is 23.0 Å². The molecular weight excluding hydrogens is 350 g/mol. The molecule has 0 aliphatic heterocycles. The summed E-state index contributed by atoms with van der Waals surface area (Å²) in [6, 6.07) is 8.47. The number of rotatable bonds is 7. The third-order valence-corrected chi connectivity index (χ3v) is 4.50. The fourth-order valence-electron chi connectivity index (χ4n) is 2.50. The summed E-state index contributed by atoms with van der Waals surface area (Å²) in [4.78, 5) is 0. The average molecular weight is 371 g/mol. The number of nitrogens with one attached hydrogen (secondary N) is 1. The van der Waals surface area contributed by atoms with Crippen molar-refractivity contribution in [3.63, 3.8) is 0 Å². The minimum Gasteiger partial charge on any atom is -0.309 e. The molecule has 5 heteroatoms. The van der Waals surface area contributed by atoms with E-state index >= 15 is 0 Å². The largest absolute Gasteiger partial charge is 0.309 e. The molecule has 1 heterocycles. The number of benzene rings is 1. The maximum Gasteiger partial charge on any atom is 0.0834 e. The minimum atomic E-state index is 0.162. The van der Waals surface area contributed by atoms with Crippen LogP contribution in [0.5, 0.6) is 0 Å². The smallest absolute Gasteiger partial charge is 0.0834 e. The first-order valence-electron chi connectivity index (χ1n) is 7.35. The van der Waals surface area contributed by atoms with Crippen LogP contribution in [0.3, 0.4) is 0 Å². The van der Waals surface area contributed by atoms with E-state index in [1.165, 1.54) is 5.56 Å². The van der Waals surface area contributed by atoms with Gasteiger partial charge in [0.1, 0.15) is 0 Å². The number of hydrogen-bond donors (Lipinski definition) is 1. The van der Waals surface area contributed by atoms with Gasteiger partial charge in [-0.2, -0.15) is 5.10 Å². The Hall–Kier alpha value is -0.840. The van der Waals surface area contributed by atoms with Crippen LogP contribution in [0.25, 0.3) is 0 Å². The van der Waals surface area contributed by atoms with E-state index in [2.05, 4.69) is 58.4 Å². The van der Waals surface area contributed by atoms with E-state index in [4.69, 9.17) is 11.6 Å². The van der Waals surface area contributed by atoms with Crippen LogP contribution in [0.1, 0.15) is 37.6 Å². The Kier molecular flexibility index (Phi) is 6.27. The first-order chi connectivity index (χ1) is 10.2. The van der Waals surface area contributed by atoms with Gasteiger partial charge in [-0.1, -0.05) is 59.6 Å². The second kappa shape index (κ2) is 7.97. The van der Waals surface area contributed by atoms with E-state index < -0.39 is 0 Å². The van der Waals surface area contributed by atoms with Crippen LogP contribution in [0.4, 0.5) is 0 Å². The van der Waals surface area contributed by atoms with Crippen LogP contribution in [0, 0.1) is 0 Å². The number of hydrogen-bond acceptors (Lipinski definition) is 2. The first kappa shape index (κ1) is 16.5. The summed E-state index contributed by atoms with van der Waals surface area (Å²) in [6.45, 7) is 6.04. The normalized spacial score (nSPS) is 12.6. The third kappa shape index (κ3) is 4.09. The highest BCUT2D eigenvalue weighted by molar-refractivity contribution is 9.10. The van der Waals surface area contributed by atoms with Crippen molar-refractivity contribution in [2.24, 2.45) is 0 Å². The lowest BCUT2D eigenvalue weighted by Crippen LogP contribution is -2.26. The van der Waals surface area contributed by atoms with Crippen LogP contribution >= 0.6 is 27.5 Å². The summed E-state index contributed by atoms with van der Waals surface area (Å²) in [5.41, 5.74) is 2.35. The molecule has 0 radical (unpaired) electrons. The Labute approximate surface area is 139 Å². The summed E-state index contributed by atoms with van der Waals surface area (Å²) in [5, 5.41) is 8.68. The van der Waals surface area contributed by atoms with Gasteiger partial charge in [0.25, 0.3) is 0 Å². The van der Waals surface area contributed by atoms with E-state index in [-0.39, 0.29) is 6.04 Å². The van der Waals surface area contributed by atoms with Crippen molar-refractivity contribution in [3.05, 3.63) is 51.2 Å². The lowest BCUT2D eigenvalue weighted by atomic mass is 10.0. The fourth-order valence-corrected chi connectivity index (χ4v) is 3.22. The summed E-state index contributed by atoms with van der Waals surface area (Å²) in [7, 11) is 0. The predicted molar refractivity (Wildman–Crippen MR) is 91.8 cm³/mol. The van der Waals surface area contributed by atoms with Crippen molar-refractivity contribution in [3.8, 4) is 0 Å². The van der Waals surface area contributed by atoms with Gasteiger partial charge in [-0.15, -0.1) is 0 Å². The van der Waals surface area contributed by atoms with Gasteiger partial charge in [0, 0.05) is 11.0 Å². The highest BCUT2D eigenvalue weighted by Gasteiger charge is 2.20. The van der Waals surface area contributed by atoms with Gasteiger partial charge in [-0.3, -0.25) is 4.68 Å². The molecule has 0 saturated carbocycles. The highest BCUT2D eigenvalue weighted by Crippen LogP contribution is 2.28. The quantitative estimate of drug-likeness (QED) is 0.772. The third-order valence-electron chi connectivity index (χ3n) is 3.43. The molecule has 0 amide bonds. The second-order valence-corrected chi connectivity index (χ2v) is 6.27. The Morgan fingerprint density at radius 3 is 2.76 bits per heavy atom. The van der Waals surface area contributed by atoms with Crippen molar-refractivity contribution in [2.75, 3.05) is 6.54 Å². The first-order valence-corrected chi connectivity index (χ1v) is 8.52. The molecule has 3 nitrogen and oxygen atoms in total. The molecule has 0 aliphatic carbocycles. The summed E-state index contributed by atoms with van der Waals surface area (Å²) in [5.74, 6) is 0. The zero-order valence-corrected chi connectivity index (χ0v) is 14.8. The molecule has 0 aliphatic rings. The van der Waals surface area contributed by atoms with Crippen LogP contribution < -0.4 is 5.32 Å². The van der Waals surface area contributed by atoms with Gasteiger partial charge in [-0.25, -0.2) is 0 Å². The number of aromatic nitrogens is 2. The summed E-state index contributed by atoms with van der Waals surface area (Å²) >= 11 is 10.0. The maximum absolute atomic E-state index is 6.38. The van der Waals surface area contributed by atoms with E-state index in [1.807, 2.05) is 10.7 Å². The van der Waals surface area contributed by atoms with Crippen molar-refractivity contribution < 1.29 is 0 Å². The molecule has 1 N–H and O–H groups in total. The van der Waals surface area contributed by atoms with Crippen LogP contribution in [-0.2, 0) is 13.0 Å². The Bertz CT molecular complexity index is 583. The minimum absolute atomic E-state index is 0.162. The van der Waals surface area contributed by atoms with Gasteiger partial charge in [-0.05, 0) is 31.0 Å². The van der Waals surface area contributed by atoms with Gasteiger partial charge in [0.15, 0.2) is 0 Å². The summed E-state index contributed by atoms with van der Waals surface area (Å²) < 4.78 is 3.15. The number of likely N-dealkylation sites (N-methyl/N-ethyl adjacent to an activating group) is 1. The van der Waals surface area contributed by atoms with Crippen molar-refractivity contribution in [1.29, 1.82) is 0 Å². The lowest BCUT2D eigenvalue weighted by molar-refractivity contribution is 0.478. The maximum atomic E-state index is 6.38. The standard InChI is InChI=1S/C16H21BrClN3/c1-3-9-21-16(14(18)11-20-21)15(19-4-2)10-12-7-5-6-8-13(12)17/h5-8,11,15,19H,3-4,9-10H2,1-2H3. The monoisotopic (exact) mass is 369 g/mol. The van der Waals surface area contributed by atoms with Crippen molar-refractivity contribution in [1.82, 2.24) is 15.1 Å². The fraction of sp³-hybridized carbons (Fsp3) is 0.438. The van der Waals surface area contributed by atoms with E-state index in [9.17, 15) is 0 Å². The lowest BCUT2D eigenvalue weighted by Gasteiger charge is -2.21. The van der Waals surface area contributed by atoms with Crippen LogP contribution in [0.2, 0.25) is 5.02 Å². The highest BCUT2D eigenvalue weighted by atomic mass is 79.9. The topological polar surface area (TPSA) is 29.9 Å². The van der Waals surface area contributed by atoms with Gasteiger partial charge < -0.3 is 5.32 Å². The Morgan fingerprint density at radius 2 is 2.10 bits per heavy atom. The SMILES string of the molecule is CCCn1ncc(Cl)c1C(Cc1ccccc1Br)NCC. The van der Waals surface area contributed by atoms with Crippen molar-refractivity contribution in [2.45, 2.75) is 39.3 Å². The molecule has 1 aromatic carbocycles. The molecule has 0 bridgehead atoms. The zero-order valence-electron chi connectivity index (χ0n) is 12.4. The summed E-state index contributed by atoms with van der Waals surface area (Å²) in [6.07, 6.45) is 3.67. The zero-order chi connectivity index (χ0) is 15.2. The molecule has 21 heavy (non-hydrogen) atoms. The van der Waals surface area contributed by atoms with E-state index in [0.29, 0.717) is 0 Å². The van der Waals surface area contributed by atoms with Gasteiger partial charge in [0.2, 0.25) is 0 Å². The number of nitrogens with zero attached hydrogens (tertiary/aromatic N) is 2. The Balaban J connectivity index is 2.31. The molecular formula is C16H21BrClN3. The molecule has 0 spiro atoms. The molecule has 1 atom stereocenters. The van der Waals surface area contributed by atoms with Crippen LogP contribution in [0.15, 0.2) is 34.9 Å². The number of aryl methyl sites for hydroxylation is 1. The average Bonchev–Trinajstić information content (AvgIpc) is 2.82. The molecule has 114 valence electrons. The van der Waals surface area contributed by atoms with Crippen LogP contribution in [-0.4, -0.2) is 16.3 Å². The Morgan fingerprint density at radius 1 is 1.33 bits per heavy atom. The van der Waals surface area contributed by atoms with E-state index in [1.54, 1.807) is 6.20 Å². The van der Waals surface area contributed by atoms with E-state index in [0.717, 1.165) is 41.1 Å². The van der Waals surface area contributed by atoms with Crippen molar-refractivity contribution >= 4 is 27.5 Å². The molecule has 2 aromatic rings. The van der Waals surface area contributed by atoms with Gasteiger partial charge >= 0.3 is 0 Å². The second-order valence-electron chi connectivity index (χ2n) is 5.01. The molecule has 1 unspecified atom stereocenters. The molecule has 1 aromatic heterocycles. The molecule has 2 rings (SSSR count). The molecule has 0 fully saturated rings. The molecule has 0 saturated heterocycles. The predicted octanol–water partition coefficient (Wildman–Crippen LogP) is 4.60.